The Morgan fingerprint density at radius 3 is 1.12 bits per heavy atom. The molecular weight excluding hydrogens is 930 g/mol. The predicted octanol–water partition coefficient (Wildman–Crippen LogP) is 19.5. The number of esters is 2. The van der Waals surface area contributed by atoms with Crippen molar-refractivity contribution in [2.75, 3.05) is 26.4 Å². The summed E-state index contributed by atoms with van der Waals surface area (Å²) in [4.78, 5) is 35.1. The molecule has 0 aliphatic heterocycles. The standard InChI is InChI=1S/C63H116NO8P/c1-3-5-7-9-11-13-15-17-19-20-21-22-23-24-25-26-27-28-29-30-31-32-33-34-35-36-37-38-39-40-42-43-45-47-49-51-53-55-62(65)69-59-61(60-71-73(67,68)70-58-57-64)72-63(66)56-54-52-50-48-46-44-41-18-16-14-12-10-8-6-4-2/h6,8,12,14-15,17-18,20-21,41,61H,3-5,7,9-11,13,16,19,22-40,42-60,64H2,1-2H3,(H,67,68)/b8-6-,14-12-,17-15-,21-20-,41-18-. The zero-order valence-electron chi connectivity index (χ0n) is 47.6. The molecule has 3 N–H and O–H groups in total. The van der Waals surface area contributed by atoms with Crippen LogP contribution in [0, 0.1) is 0 Å². The average Bonchev–Trinajstić information content (AvgIpc) is 3.38. The number of nitrogens with two attached hydrogens (primary N) is 1. The van der Waals surface area contributed by atoms with E-state index in [-0.39, 0.29) is 38.6 Å². The quantitative estimate of drug-likeness (QED) is 0.0264. The molecule has 9 nitrogen and oxygen atoms in total. The Balaban J connectivity index is 3.77. The summed E-state index contributed by atoms with van der Waals surface area (Å²) in [6, 6.07) is 0. The number of ether oxygens (including phenoxy) is 2. The number of unbranched alkanes of at least 4 members (excludes halogenated alkanes) is 35. The first-order valence-electron chi connectivity index (χ1n) is 30.8. The molecule has 73 heavy (non-hydrogen) atoms. The van der Waals surface area contributed by atoms with E-state index in [0.29, 0.717) is 6.42 Å². The molecule has 0 aliphatic carbocycles. The van der Waals surface area contributed by atoms with Gasteiger partial charge < -0.3 is 20.1 Å². The van der Waals surface area contributed by atoms with Crippen LogP contribution >= 0.6 is 7.82 Å². The van der Waals surface area contributed by atoms with Crippen LogP contribution in [0.3, 0.4) is 0 Å². The lowest BCUT2D eigenvalue weighted by Crippen LogP contribution is -2.29. The summed E-state index contributed by atoms with van der Waals surface area (Å²) >= 11 is 0. The third-order valence-electron chi connectivity index (χ3n) is 13.4. The molecule has 0 rings (SSSR count). The molecule has 0 aliphatic rings. The summed E-state index contributed by atoms with van der Waals surface area (Å²) < 4.78 is 33.0. The summed E-state index contributed by atoms with van der Waals surface area (Å²) in [6.45, 7) is 3.63. The number of phosphoric ester groups is 1. The summed E-state index contributed by atoms with van der Waals surface area (Å²) in [5.74, 6) is -0.838. The molecule has 426 valence electrons. The molecule has 0 amide bonds. The number of hydrogen-bond acceptors (Lipinski definition) is 8. The first-order chi connectivity index (χ1) is 35.8. The van der Waals surface area contributed by atoms with Crippen molar-refractivity contribution in [2.45, 2.75) is 302 Å². The van der Waals surface area contributed by atoms with Crippen LogP contribution in [-0.2, 0) is 32.7 Å². The van der Waals surface area contributed by atoms with Crippen molar-refractivity contribution in [1.29, 1.82) is 0 Å². The fourth-order valence-corrected chi connectivity index (χ4v) is 9.63. The van der Waals surface area contributed by atoms with E-state index < -0.39 is 26.5 Å². The van der Waals surface area contributed by atoms with Gasteiger partial charge in [0.05, 0.1) is 13.2 Å². The van der Waals surface area contributed by atoms with Crippen LogP contribution in [0.15, 0.2) is 60.8 Å². The largest absolute Gasteiger partial charge is 0.472 e. The lowest BCUT2D eigenvalue weighted by Gasteiger charge is -2.19. The third kappa shape index (κ3) is 58.8. The smallest absolute Gasteiger partial charge is 0.462 e. The SMILES string of the molecule is CC/C=C\C/C=C\C/C=C\CCCCCCCC(=O)OC(COC(=O)CCCCCCCCCCCCCCCCCCCCCCCCCCC/C=C\C/C=C\CCCCCCC)COP(=O)(O)OCCN. The van der Waals surface area contributed by atoms with E-state index in [1.54, 1.807) is 0 Å². The average molecular weight is 1050 g/mol. The maximum atomic E-state index is 12.6. The second kappa shape index (κ2) is 59.0. The van der Waals surface area contributed by atoms with Crippen molar-refractivity contribution in [3.63, 3.8) is 0 Å². The minimum Gasteiger partial charge on any atom is -0.462 e. The molecule has 0 saturated heterocycles. The van der Waals surface area contributed by atoms with Gasteiger partial charge in [-0.3, -0.25) is 18.6 Å². The Morgan fingerprint density at radius 2 is 0.753 bits per heavy atom. The fourth-order valence-electron chi connectivity index (χ4n) is 8.86. The predicted molar refractivity (Wildman–Crippen MR) is 312 cm³/mol. The molecule has 2 unspecified atom stereocenters. The number of carbonyl (C=O) groups is 2. The van der Waals surface area contributed by atoms with Gasteiger partial charge in [-0.1, -0.05) is 267 Å². The molecular formula is C63H116NO8P. The molecule has 2 atom stereocenters. The monoisotopic (exact) mass is 1050 g/mol. The Kier molecular flexibility index (Phi) is 57.1. The maximum absolute atomic E-state index is 12.6. The van der Waals surface area contributed by atoms with Crippen LogP contribution in [0.2, 0.25) is 0 Å². The summed E-state index contributed by atoms with van der Waals surface area (Å²) in [5, 5.41) is 0. The normalized spacial score (nSPS) is 13.4. The Labute approximate surface area is 450 Å². The van der Waals surface area contributed by atoms with Crippen LogP contribution < -0.4 is 5.73 Å². The van der Waals surface area contributed by atoms with Crippen molar-refractivity contribution >= 4 is 19.8 Å². The lowest BCUT2D eigenvalue weighted by atomic mass is 10.0. The van der Waals surface area contributed by atoms with Gasteiger partial charge in [0.1, 0.15) is 6.61 Å². The van der Waals surface area contributed by atoms with Gasteiger partial charge in [0.25, 0.3) is 0 Å². The van der Waals surface area contributed by atoms with Gasteiger partial charge in [0.15, 0.2) is 6.10 Å². The van der Waals surface area contributed by atoms with Crippen molar-refractivity contribution in [1.82, 2.24) is 0 Å². The summed E-state index contributed by atoms with van der Waals surface area (Å²) in [7, 11) is -4.39. The Bertz CT molecular complexity index is 1380. The molecule has 0 radical (unpaired) electrons. The van der Waals surface area contributed by atoms with Gasteiger partial charge in [-0.05, 0) is 77.0 Å². The van der Waals surface area contributed by atoms with Crippen LogP contribution in [0.25, 0.3) is 0 Å². The van der Waals surface area contributed by atoms with Crippen LogP contribution in [0.5, 0.6) is 0 Å². The first kappa shape index (κ1) is 70.7. The molecule has 0 aromatic heterocycles. The first-order valence-corrected chi connectivity index (χ1v) is 32.3. The van der Waals surface area contributed by atoms with E-state index in [1.165, 1.54) is 186 Å². The van der Waals surface area contributed by atoms with Crippen LogP contribution in [-0.4, -0.2) is 49.3 Å². The minimum absolute atomic E-state index is 0.0498. The molecule has 0 bridgehead atoms. The van der Waals surface area contributed by atoms with Gasteiger partial charge in [-0.25, -0.2) is 4.57 Å². The van der Waals surface area contributed by atoms with E-state index in [2.05, 4.69) is 74.6 Å². The van der Waals surface area contributed by atoms with E-state index in [4.69, 9.17) is 24.3 Å². The molecule has 0 fully saturated rings. The summed E-state index contributed by atoms with van der Waals surface area (Å²) in [5.41, 5.74) is 5.37. The number of rotatable bonds is 58. The van der Waals surface area contributed by atoms with Crippen LogP contribution in [0.4, 0.5) is 0 Å². The van der Waals surface area contributed by atoms with Gasteiger partial charge in [-0.2, -0.15) is 0 Å². The molecule has 0 spiro atoms. The zero-order chi connectivity index (χ0) is 53.1. The van der Waals surface area contributed by atoms with Crippen molar-refractivity contribution in [2.24, 2.45) is 5.73 Å². The van der Waals surface area contributed by atoms with Crippen molar-refractivity contribution < 1.29 is 37.6 Å². The number of hydrogen-bond donors (Lipinski definition) is 2. The minimum atomic E-state index is -4.39. The number of phosphoric acid groups is 1. The second-order valence-electron chi connectivity index (χ2n) is 20.5. The van der Waals surface area contributed by atoms with E-state index in [1.807, 2.05) is 0 Å². The highest BCUT2D eigenvalue weighted by molar-refractivity contribution is 7.47. The van der Waals surface area contributed by atoms with E-state index in [9.17, 15) is 19.0 Å². The highest BCUT2D eigenvalue weighted by atomic mass is 31.2. The highest BCUT2D eigenvalue weighted by Gasteiger charge is 2.26. The molecule has 0 heterocycles. The van der Waals surface area contributed by atoms with E-state index >= 15 is 0 Å². The van der Waals surface area contributed by atoms with Crippen molar-refractivity contribution in [3.8, 4) is 0 Å². The Morgan fingerprint density at radius 1 is 0.425 bits per heavy atom. The number of carbonyl (C=O) groups excluding carboxylic acids is 2. The lowest BCUT2D eigenvalue weighted by molar-refractivity contribution is -0.161. The maximum Gasteiger partial charge on any atom is 0.472 e. The van der Waals surface area contributed by atoms with Crippen molar-refractivity contribution in [3.05, 3.63) is 60.8 Å². The highest BCUT2D eigenvalue weighted by Crippen LogP contribution is 2.43. The topological polar surface area (TPSA) is 134 Å². The third-order valence-corrected chi connectivity index (χ3v) is 14.4. The van der Waals surface area contributed by atoms with Gasteiger partial charge in [0, 0.05) is 19.4 Å². The molecule has 0 aromatic carbocycles. The van der Waals surface area contributed by atoms with Crippen LogP contribution in [0.1, 0.15) is 296 Å². The second-order valence-corrected chi connectivity index (χ2v) is 22.0. The fraction of sp³-hybridized carbons (Fsp3) is 0.810. The van der Waals surface area contributed by atoms with Gasteiger partial charge in [0.2, 0.25) is 0 Å². The number of allylic oxidation sites excluding steroid dienone is 10. The van der Waals surface area contributed by atoms with Gasteiger partial charge in [-0.15, -0.1) is 0 Å². The van der Waals surface area contributed by atoms with E-state index in [0.717, 1.165) is 77.0 Å². The zero-order valence-corrected chi connectivity index (χ0v) is 48.5. The molecule has 0 saturated carbocycles. The Hall–Kier alpha value is -2.29. The summed E-state index contributed by atoms with van der Waals surface area (Å²) in [6.07, 6.45) is 74.6. The van der Waals surface area contributed by atoms with Gasteiger partial charge >= 0.3 is 19.8 Å². The molecule has 10 heteroatoms. The molecule has 0 aromatic rings.